The van der Waals surface area contributed by atoms with Crippen LogP contribution in [0.15, 0.2) is 72.8 Å². The Kier molecular flexibility index (Phi) is 9.76. The lowest BCUT2D eigenvalue weighted by atomic mass is 9.99. The first-order valence-corrected chi connectivity index (χ1v) is 11.9. The second kappa shape index (κ2) is 13.2. The number of hydrogen-bond acceptors (Lipinski definition) is 5. The van der Waals surface area contributed by atoms with Crippen molar-refractivity contribution in [3.05, 3.63) is 83.9 Å². The highest BCUT2D eigenvalue weighted by Crippen LogP contribution is 2.27. The number of carboxylic acid groups (broad SMARTS) is 2. The Morgan fingerprint density at radius 1 is 0.722 bits per heavy atom. The first kappa shape index (κ1) is 26.6. The summed E-state index contributed by atoms with van der Waals surface area (Å²) in [4.78, 5) is 50.3. The third-order valence-electron chi connectivity index (χ3n) is 6.21. The molecule has 0 spiro atoms. The van der Waals surface area contributed by atoms with Gasteiger partial charge in [-0.1, -0.05) is 60.7 Å². The van der Waals surface area contributed by atoms with Gasteiger partial charge in [-0.3, -0.25) is 14.5 Å². The van der Waals surface area contributed by atoms with Gasteiger partial charge in [-0.15, -0.1) is 0 Å². The van der Waals surface area contributed by atoms with Crippen LogP contribution >= 0.6 is 0 Å². The summed E-state index contributed by atoms with van der Waals surface area (Å²) in [7, 11) is 0. The maximum atomic E-state index is 12.7. The van der Waals surface area contributed by atoms with Crippen LogP contribution in [0.5, 0.6) is 0 Å². The standard InChI is InChI=1S/C23H27N3O2.C4H4O4/c27-22(23(28)26-12-11-21(18-26)20-9-5-2-6-10-20)25-15-13-24(14-16-25)17-19-7-3-1-4-8-19;5-3(6)1-2-4(7)8/h1-10,21H,11-18H2;1-2H,(H,5,6)(H,7,8). The molecule has 2 N–H and O–H groups in total. The summed E-state index contributed by atoms with van der Waals surface area (Å²) in [5.41, 5.74) is 2.53. The summed E-state index contributed by atoms with van der Waals surface area (Å²) in [6.45, 7) is 5.05. The molecular formula is C27H31N3O6. The molecule has 1 unspecified atom stereocenters. The molecule has 9 nitrogen and oxygen atoms in total. The van der Waals surface area contributed by atoms with Crippen LogP contribution in [0.2, 0.25) is 0 Å². The Morgan fingerprint density at radius 2 is 1.25 bits per heavy atom. The van der Waals surface area contributed by atoms with E-state index in [1.54, 1.807) is 9.80 Å². The first-order chi connectivity index (χ1) is 17.3. The molecule has 0 aromatic heterocycles. The molecule has 36 heavy (non-hydrogen) atoms. The van der Waals surface area contributed by atoms with Gasteiger partial charge in [0.1, 0.15) is 0 Å². The molecule has 2 aromatic rings. The molecular weight excluding hydrogens is 462 g/mol. The van der Waals surface area contributed by atoms with Crippen LogP contribution < -0.4 is 0 Å². The van der Waals surface area contributed by atoms with Crippen molar-refractivity contribution in [3.63, 3.8) is 0 Å². The third kappa shape index (κ3) is 8.06. The third-order valence-corrected chi connectivity index (χ3v) is 6.21. The lowest BCUT2D eigenvalue weighted by Gasteiger charge is -2.35. The van der Waals surface area contributed by atoms with Crippen LogP contribution in [0.1, 0.15) is 23.5 Å². The Bertz CT molecular complexity index is 1050. The molecule has 0 bridgehead atoms. The van der Waals surface area contributed by atoms with E-state index in [9.17, 15) is 19.2 Å². The molecule has 1 atom stereocenters. The van der Waals surface area contributed by atoms with Gasteiger partial charge in [0.15, 0.2) is 0 Å². The van der Waals surface area contributed by atoms with Crippen LogP contribution in [0.4, 0.5) is 0 Å². The van der Waals surface area contributed by atoms with Crippen molar-refractivity contribution in [2.24, 2.45) is 0 Å². The van der Waals surface area contributed by atoms with E-state index in [0.29, 0.717) is 44.2 Å². The van der Waals surface area contributed by atoms with Crippen molar-refractivity contribution >= 4 is 23.8 Å². The van der Waals surface area contributed by atoms with Gasteiger partial charge < -0.3 is 20.0 Å². The minimum atomic E-state index is -1.26. The van der Waals surface area contributed by atoms with Crippen LogP contribution in [-0.2, 0) is 25.7 Å². The summed E-state index contributed by atoms with van der Waals surface area (Å²) in [6, 6.07) is 20.6. The number of carbonyl (C=O) groups excluding carboxylic acids is 2. The summed E-state index contributed by atoms with van der Waals surface area (Å²) < 4.78 is 0. The fraction of sp³-hybridized carbons (Fsp3) is 0.333. The van der Waals surface area contributed by atoms with Crippen LogP contribution in [0, 0.1) is 0 Å². The minimum absolute atomic E-state index is 0.334. The molecule has 2 saturated heterocycles. The average Bonchev–Trinajstić information content (AvgIpc) is 3.39. The number of amides is 2. The van der Waals surface area contributed by atoms with Gasteiger partial charge in [-0.05, 0) is 17.5 Å². The molecule has 2 aliphatic heterocycles. The number of hydrogen-bond donors (Lipinski definition) is 2. The molecule has 190 valence electrons. The van der Waals surface area contributed by atoms with E-state index in [-0.39, 0.29) is 11.8 Å². The van der Waals surface area contributed by atoms with Crippen molar-refractivity contribution in [3.8, 4) is 0 Å². The number of piperazine rings is 1. The monoisotopic (exact) mass is 493 g/mol. The summed E-state index contributed by atoms with van der Waals surface area (Å²) in [6.07, 6.45) is 2.04. The van der Waals surface area contributed by atoms with Gasteiger partial charge in [0, 0.05) is 63.9 Å². The Morgan fingerprint density at radius 3 is 1.81 bits per heavy atom. The molecule has 2 aromatic carbocycles. The topological polar surface area (TPSA) is 118 Å². The molecule has 2 heterocycles. The lowest BCUT2D eigenvalue weighted by molar-refractivity contribution is -0.152. The molecule has 0 saturated carbocycles. The number of rotatable bonds is 5. The maximum Gasteiger partial charge on any atom is 0.328 e. The predicted molar refractivity (Wildman–Crippen MR) is 133 cm³/mol. The van der Waals surface area contributed by atoms with Gasteiger partial charge in [0.25, 0.3) is 0 Å². The summed E-state index contributed by atoms with van der Waals surface area (Å²) in [5.74, 6) is -2.86. The zero-order valence-corrected chi connectivity index (χ0v) is 20.0. The highest BCUT2D eigenvalue weighted by molar-refractivity contribution is 6.35. The molecule has 2 fully saturated rings. The number of carbonyl (C=O) groups is 4. The molecule has 2 amide bonds. The molecule has 9 heteroatoms. The number of nitrogens with zero attached hydrogens (tertiary/aromatic N) is 3. The predicted octanol–water partition coefficient (Wildman–Crippen LogP) is 2.06. The zero-order chi connectivity index (χ0) is 25.9. The van der Waals surface area contributed by atoms with Gasteiger partial charge in [-0.25, -0.2) is 9.59 Å². The van der Waals surface area contributed by atoms with E-state index in [0.717, 1.165) is 26.1 Å². The lowest BCUT2D eigenvalue weighted by Crippen LogP contribution is -2.52. The van der Waals surface area contributed by atoms with Gasteiger partial charge >= 0.3 is 23.8 Å². The van der Waals surface area contributed by atoms with Crippen LogP contribution in [0.3, 0.4) is 0 Å². The normalized spacial score (nSPS) is 17.9. The van der Waals surface area contributed by atoms with Crippen molar-refractivity contribution in [1.82, 2.24) is 14.7 Å². The van der Waals surface area contributed by atoms with E-state index in [1.807, 2.05) is 36.4 Å². The average molecular weight is 494 g/mol. The minimum Gasteiger partial charge on any atom is -0.478 e. The fourth-order valence-corrected chi connectivity index (χ4v) is 4.31. The Labute approximate surface area is 210 Å². The van der Waals surface area contributed by atoms with E-state index in [4.69, 9.17) is 10.2 Å². The largest absolute Gasteiger partial charge is 0.478 e. The highest BCUT2D eigenvalue weighted by atomic mass is 16.4. The Balaban J connectivity index is 0.000000392. The highest BCUT2D eigenvalue weighted by Gasteiger charge is 2.34. The number of benzene rings is 2. The van der Waals surface area contributed by atoms with E-state index in [1.165, 1.54) is 11.1 Å². The summed E-state index contributed by atoms with van der Waals surface area (Å²) >= 11 is 0. The van der Waals surface area contributed by atoms with Crippen molar-refractivity contribution in [2.45, 2.75) is 18.9 Å². The first-order valence-electron chi connectivity index (χ1n) is 11.9. The molecule has 0 radical (unpaired) electrons. The zero-order valence-electron chi connectivity index (χ0n) is 20.0. The van der Waals surface area contributed by atoms with Crippen molar-refractivity contribution in [1.29, 1.82) is 0 Å². The van der Waals surface area contributed by atoms with Crippen molar-refractivity contribution in [2.75, 3.05) is 39.3 Å². The van der Waals surface area contributed by atoms with E-state index < -0.39 is 11.9 Å². The van der Waals surface area contributed by atoms with Crippen LogP contribution in [0.25, 0.3) is 0 Å². The van der Waals surface area contributed by atoms with Gasteiger partial charge in [0.2, 0.25) is 0 Å². The van der Waals surface area contributed by atoms with Crippen molar-refractivity contribution < 1.29 is 29.4 Å². The molecule has 0 aliphatic carbocycles. The van der Waals surface area contributed by atoms with Crippen LogP contribution in [-0.4, -0.2) is 87.9 Å². The number of likely N-dealkylation sites (tertiary alicyclic amines) is 1. The van der Waals surface area contributed by atoms with E-state index >= 15 is 0 Å². The second-order valence-electron chi connectivity index (χ2n) is 8.71. The fourth-order valence-electron chi connectivity index (χ4n) is 4.31. The van der Waals surface area contributed by atoms with Gasteiger partial charge in [-0.2, -0.15) is 0 Å². The number of aliphatic carboxylic acids is 2. The SMILES string of the molecule is O=C(C(=O)N1CCC(c2ccccc2)C1)N1CCN(Cc2ccccc2)CC1.O=C(O)C=CC(=O)O. The maximum absolute atomic E-state index is 12.7. The van der Waals surface area contributed by atoms with E-state index in [2.05, 4.69) is 29.2 Å². The quantitative estimate of drug-likeness (QED) is 0.483. The second-order valence-corrected chi connectivity index (χ2v) is 8.71. The summed E-state index contributed by atoms with van der Waals surface area (Å²) in [5, 5.41) is 15.6. The Hall–Kier alpha value is -3.98. The molecule has 4 rings (SSSR count). The molecule has 2 aliphatic rings. The van der Waals surface area contributed by atoms with Gasteiger partial charge in [0.05, 0.1) is 0 Å². The smallest absolute Gasteiger partial charge is 0.328 e. The number of carboxylic acids is 2.